The van der Waals surface area contributed by atoms with Gasteiger partial charge in [0.05, 0.1) is 0 Å². The average molecular weight is 330 g/mol. The Morgan fingerprint density at radius 3 is 2.45 bits per heavy atom. The van der Waals surface area contributed by atoms with E-state index >= 15 is 0 Å². The molecule has 0 atom stereocenters. The van der Waals surface area contributed by atoms with Crippen LogP contribution in [0.4, 0.5) is 0 Å². The van der Waals surface area contributed by atoms with Crippen LogP contribution in [-0.4, -0.2) is 29.7 Å². The second-order valence-electron chi connectivity index (χ2n) is 4.35. The number of carbonyl (C=O) groups excluding carboxylic acids is 1. The molecule has 4 heteroatoms. The zero-order valence-corrected chi connectivity index (χ0v) is 13.3. The Labute approximate surface area is 127 Å². The summed E-state index contributed by atoms with van der Waals surface area (Å²) in [5.74, 6) is 1.21. The molecule has 0 spiro atoms. The summed E-state index contributed by atoms with van der Waals surface area (Å²) in [6.07, 6.45) is 0. The van der Waals surface area contributed by atoms with Crippen molar-refractivity contribution in [3.05, 3.63) is 53.6 Å². The Morgan fingerprint density at radius 2 is 1.85 bits per heavy atom. The Bertz CT molecular complexity index is 609. The zero-order valence-electron chi connectivity index (χ0n) is 11.4. The minimum absolute atomic E-state index is 0.00790. The number of Topliss-reactive ketones (excluding diaryl/α,β-unsaturated/α-hetero) is 1. The van der Waals surface area contributed by atoms with Crippen LogP contribution in [-0.2, 0) is 6.61 Å². The van der Waals surface area contributed by atoms with E-state index < -0.39 is 0 Å². The maximum absolute atomic E-state index is 11.5. The van der Waals surface area contributed by atoms with E-state index in [1.807, 2.05) is 36.4 Å². The molecule has 0 amide bonds. The van der Waals surface area contributed by atoms with Crippen LogP contribution in [0.1, 0.15) is 22.8 Å². The third-order valence-corrected chi connectivity index (χ3v) is 3.67. The number of methoxy groups -OCH3 is 1. The maximum atomic E-state index is 11.5. The summed E-state index contributed by atoms with van der Waals surface area (Å²) in [6, 6.07) is 13.4. The number of ketones is 1. The first kappa shape index (κ1) is 14.7. The summed E-state index contributed by atoms with van der Waals surface area (Å²) in [7, 11) is 1.57. The second kappa shape index (κ2) is 6.62. The van der Waals surface area contributed by atoms with Crippen LogP contribution in [0.25, 0.3) is 0 Å². The van der Waals surface area contributed by atoms with Gasteiger partial charge in [-0.3, -0.25) is 0 Å². The van der Waals surface area contributed by atoms with Gasteiger partial charge >= 0.3 is 127 Å². The molecule has 2 aromatic carbocycles. The summed E-state index contributed by atoms with van der Waals surface area (Å²) in [4.78, 5) is 11.5. The molecule has 0 aliphatic rings. The van der Waals surface area contributed by atoms with E-state index in [1.54, 1.807) is 13.2 Å². The zero-order chi connectivity index (χ0) is 14.5. The van der Waals surface area contributed by atoms with Crippen LogP contribution >= 0.6 is 0 Å². The molecule has 0 aromatic heterocycles. The number of hydrogen-bond donors (Lipinski definition) is 0. The molecular formula is C16H15AsO3. The van der Waals surface area contributed by atoms with Crippen molar-refractivity contribution < 1.29 is 14.3 Å². The van der Waals surface area contributed by atoms with Crippen LogP contribution in [0.5, 0.6) is 11.5 Å². The van der Waals surface area contributed by atoms with Crippen molar-refractivity contribution in [3.63, 3.8) is 0 Å². The molecule has 2 rings (SSSR count). The standard InChI is InChI=1S/C16H15AsO3/c1-11(18)13-8-15(19-2)16(9-14(13)17)20-10-12-6-4-3-5-7-12/h3-9H,10H2,1-2H3. The van der Waals surface area contributed by atoms with Gasteiger partial charge in [-0.2, -0.15) is 0 Å². The van der Waals surface area contributed by atoms with E-state index in [2.05, 4.69) is 16.9 Å². The molecule has 2 radical (unpaired) electrons. The van der Waals surface area contributed by atoms with Gasteiger partial charge in [-0.15, -0.1) is 0 Å². The molecule has 102 valence electrons. The number of rotatable bonds is 5. The number of hydrogen-bond acceptors (Lipinski definition) is 3. The fourth-order valence-electron chi connectivity index (χ4n) is 1.84. The molecule has 0 saturated carbocycles. The van der Waals surface area contributed by atoms with Gasteiger partial charge in [0.2, 0.25) is 0 Å². The van der Waals surface area contributed by atoms with E-state index in [0.717, 1.165) is 9.91 Å². The van der Waals surface area contributed by atoms with Gasteiger partial charge in [0.1, 0.15) is 0 Å². The number of carbonyl (C=O) groups is 1. The summed E-state index contributed by atoms with van der Waals surface area (Å²) in [6.45, 7) is 2.00. The first-order chi connectivity index (χ1) is 9.61. The number of ether oxygens (including phenoxy) is 2. The van der Waals surface area contributed by atoms with Gasteiger partial charge in [0.15, 0.2) is 0 Å². The molecule has 0 aliphatic carbocycles. The predicted molar refractivity (Wildman–Crippen MR) is 79.2 cm³/mol. The number of benzene rings is 2. The first-order valence-corrected chi connectivity index (χ1v) is 7.14. The summed E-state index contributed by atoms with van der Waals surface area (Å²) >= 11 is 2.39. The van der Waals surface area contributed by atoms with Gasteiger partial charge in [0, 0.05) is 0 Å². The summed E-state index contributed by atoms with van der Waals surface area (Å²) in [5.41, 5.74) is 1.71. The molecule has 0 fully saturated rings. The third kappa shape index (κ3) is 3.43. The predicted octanol–water partition coefficient (Wildman–Crippen LogP) is 2.27. The van der Waals surface area contributed by atoms with Crippen molar-refractivity contribution in [2.24, 2.45) is 0 Å². The molecule has 0 N–H and O–H groups in total. The first-order valence-electron chi connectivity index (χ1n) is 6.20. The molecule has 0 saturated heterocycles. The quantitative estimate of drug-likeness (QED) is 0.623. The van der Waals surface area contributed by atoms with Gasteiger partial charge in [-0.25, -0.2) is 0 Å². The molecular weight excluding hydrogens is 315 g/mol. The van der Waals surface area contributed by atoms with E-state index in [1.165, 1.54) is 6.92 Å². The molecule has 2 aromatic rings. The Kier molecular flexibility index (Phi) is 4.86. The van der Waals surface area contributed by atoms with Crippen LogP contribution in [0.2, 0.25) is 0 Å². The van der Waals surface area contributed by atoms with Crippen molar-refractivity contribution in [1.29, 1.82) is 0 Å². The van der Waals surface area contributed by atoms with Crippen molar-refractivity contribution in [1.82, 2.24) is 0 Å². The van der Waals surface area contributed by atoms with Gasteiger partial charge in [-0.1, -0.05) is 0 Å². The normalized spacial score (nSPS) is 10.2. The van der Waals surface area contributed by atoms with Crippen molar-refractivity contribution >= 4 is 27.0 Å². The van der Waals surface area contributed by atoms with E-state index in [4.69, 9.17) is 9.47 Å². The third-order valence-electron chi connectivity index (χ3n) is 2.90. The van der Waals surface area contributed by atoms with E-state index in [-0.39, 0.29) is 5.78 Å². The van der Waals surface area contributed by atoms with Crippen LogP contribution in [0.3, 0.4) is 0 Å². The van der Waals surface area contributed by atoms with Gasteiger partial charge in [-0.05, 0) is 0 Å². The molecule has 20 heavy (non-hydrogen) atoms. The van der Waals surface area contributed by atoms with Crippen LogP contribution in [0.15, 0.2) is 42.5 Å². The molecule has 0 heterocycles. The van der Waals surface area contributed by atoms with Crippen LogP contribution < -0.4 is 13.8 Å². The van der Waals surface area contributed by atoms with Crippen molar-refractivity contribution in [2.75, 3.05) is 7.11 Å². The Hall–Kier alpha value is -1.73. The SMILES string of the molecule is COc1cc(C(C)=O)c([As])cc1OCc1ccccc1. The van der Waals surface area contributed by atoms with E-state index in [9.17, 15) is 4.79 Å². The van der Waals surface area contributed by atoms with Crippen molar-refractivity contribution in [2.45, 2.75) is 13.5 Å². The fourth-order valence-corrected chi connectivity index (χ4v) is 2.55. The van der Waals surface area contributed by atoms with Gasteiger partial charge < -0.3 is 0 Å². The monoisotopic (exact) mass is 330 g/mol. The molecule has 0 bridgehead atoms. The topological polar surface area (TPSA) is 35.5 Å². The summed E-state index contributed by atoms with van der Waals surface area (Å²) in [5, 5.41) is 0. The average Bonchev–Trinajstić information content (AvgIpc) is 2.46. The summed E-state index contributed by atoms with van der Waals surface area (Å²) < 4.78 is 11.9. The molecule has 3 nitrogen and oxygen atoms in total. The fraction of sp³-hybridized carbons (Fsp3) is 0.188. The molecule has 0 unspecified atom stereocenters. The minimum atomic E-state index is 0.00790. The molecule has 0 aliphatic heterocycles. The Balaban J connectivity index is 2.23. The van der Waals surface area contributed by atoms with Crippen LogP contribution in [0, 0.1) is 0 Å². The van der Waals surface area contributed by atoms with E-state index in [0.29, 0.717) is 23.7 Å². The van der Waals surface area contributed by atoms with Gasteiger partial charge in [0.25, 0.3) is 0 Å². The Morgan fingerprint density at radius 1 is 1.15 bits per heavy atom. The second-order valence-corrected chi connectivity index (χ2v) is 5.36. The van der Waals surface area contributed by atoms with Crippen molar-refractivity contribution in [3.8, 4) is 11.5 Å².